The predicted molar refractivity (Wildman–Crippen MR) is 121 cm³/mol. The fraction of sp³-hybridized carbons (Fsp3) is 0.208. The number of nitrogens with one attached hydrogen (secondary N) is 2. The molecule has 3 aromatic carbocycles. The zero-order chi connectivity index (χ0) is 22.9. The highest BCUT2D eigenvalue weighted by Gasteiger charge is 2.35. The number of anilines is 2. The molecule has 0 bridgehead atoms. The van der Waals surface area contributed by atoms with Gasteiger partial charge in [-0.15, -0.1) is 0 Å². The van der Waals surface area contributed by atoms with Crippen molar-refractivity contribution in [1.82, 2.24) is 0 Å². The second-order valence-electron chi connectivity index (χ2n) is 8.36. The lowest BCUT2D eigenvalue weighted by Gasteiger charge is -2.39. The van der Waals surface area contributed by atoms with E-state index in [2.05, 4.69) is 23.9 Å². The van der Waals surface area contributed by atoms with Gasteiger partial charge in [0.2, 0.25) is 0 Å². The Morgan fingerprint density at radius 3 is 2.62 bits per heavy atom. The van der Waals surface area contributed by atoms with Crippen molar-refractivity contribution in [2.24, 2.45) is 0 Å². The van der Waals surface area contributed by atoms with E-state index in [0.717, 1.165) is 22.9 Å². The first-order valence-electron chi connectivity index (χ1n) is 10.1. The standard InChI is InChI=1S/C24H23FN2O4S/c1-24(2)14-23(26-22-11-10-17(31-15-28)13-20(22)24)19-8-3-4-9-21(19)27-32(29,30)18-7-5-6-16(25)12-18/h3-13,15,23,26-27H,14H2,1-2H3. The fourth-order valence-electron chi connectivity index (χ4n) is 4.12. The van der Waals surface area contributed by atoms with Gasteiger partial charge in [-0.3, -0.25) is 9.52 Å². The van der Waals surface area contributed by atoms with Gasteiger partial charge in [-0.1, -0.05) is 38.1 Å². The van der Waals surface area contributed by atoms with Crippen LogP contribution in [0.1, 0.15) is 37.4 Å². The maximum Gasteiger partial charge on any atom is 0.298 e. The lowest BCUT2D eigenvalue weighted by molar-refractivity contribution is -0.120. The van der Waals surface area contributed by atoms with Gasteiger partial charge in [0.05, 0.1) is 16.6 Å². The number of hydrogen-bond acceptors (Lipinski definition) is 5. The average molecular weight is 455 g/mol. The van der Waals surface area contributed by atoms with Crippen molar-refractivity contribution < 1.29 is 22.3 Å². The number of benzene rings is 3. The SMILES string of the molecule is CC1(C)CC(c2ccccc2NS(=O)(=O)c2cccc(F)c2)Nc2ccc(OC=O)cc21. The molecule has 1 unspecified atom stereocenters. The van der Waals surface area contributed by atoms with Crippen LogP contribution in [0.4, 0.5) is 15.8 Å². The summed E-state index contributed by atoms with van der Waals surface area (Å²) in [5.74, 6) is -0.151. The highest BCUT2D eigenvalue weighted by atomic mass is 32.2. The quantitative estimate of drug-likeness (QED) is 0.512. The minimum atomic E-state index is -3.97. The molecule has 0 radical (unpaired) electrons. The van der Waals surface area contributed by atoms with Crippen LogP contribution in [0.15, 0.2) is 71.6 Å². The molecular formula is C24H23FN2O4S. The van der Waals surface area contributed by atoms with Gasteiger partial charge >= 0.3 is 0 Å². The molecule has 0 fully saturated rings. The molecule has 0 amide bonds. The molecule has 1 aliphatic heterocycles. The molecule has 2 N–H and O–H groups in total. The van der Waals surface area contributed by atoms with Crippen molar-refractivity contribution in [2.75, 3.05) is 10.0 Å². The Morgan fingerprint density at radius 2 is 1.88 bits per heavy atom. The number of para-hydroxylation sites is 1. The maximum atomic E-state index is 13.6. The van der Waals surface area contributed by atoms with E-state index in [1.807, 2.05) is 24.3 Å². The number of rotatable bonds is 6. The number of hydrogen-bond donors (Lipinski definition) is 2. The normalized spacial score (nSPS) is 17.0. The molecule has 6 nitrogen and oxygen atoms in total. The van der Waals surface area contributed by atoms with Crippen LogP contribution in [0.3, 0.4) is 0 Å². The Labute approximate surface area is 186 Å². The molecule has 1 heterocycles. The lowest BCUT2D eigenvalue weighted by Crippen LogP contribution is -2.31. The molecule has 32 heavy (non-hydrogen) atoms. The van der Waals surface area contributed by atoms with Gasteiger partial charge < -0.3 is 10.1 Å². The van der Waals surface area contributed by atoms with Crippen molar-refractivity contribution in [3.05, 3.63) is 83.7 Å². The van der Waals surface area contributed by atoms with Crippen molar-refractivity contribution in [1.29, 1.82) is 0 Å². The zero-order valence-corrected chi connectivity index (χ0v) is 18.4. The summed E-state index contributed by atoms with van der Waals surface area (Å²) in [4.78, 5) is 10.6. The number of carbonyl (C=O) groups is 1. The third-order valence-electron chi connectivity index (χ3n) is 5.64. The molecule has 8 heteroatoms. The van der Waals surface area contributed by atoms with Gasteiger partial charge in [-0.2, -0.15) is 0 Å². The summed E-state index contributed by atoms with van der Waals surface area (Å²) in [5.41, 5.74) is 2.81. The molecule has 166 valence electrons. The van der Waals surface area contributed by atoms with Gasteiger partial charge in [0.25, 0.3) is 16.5 Å². The van der Waals surface area contributed by atoms with Crippen molar-refractivity contribution >= 4 is 27.9 Å². The van der Waals surface area contributed by atoms with Gasteiger partial charge in [0.1, 0.15) is 11.6 Å². The Bertz CT molecular complexity index is 1270. The van der Waals surface area contributed by atoms with Gasteiger partial charge in [0.15, 0.2) is 0 Å². The highest BCUT2D eigenvalue weighted by Crippen LogP contribution is 2.46. The van der Waals surface area contributed by atoms with Crippen LogP contribution in [0, 0.1) is 5.82 Å². The smallest absolute Gasteiger partial charge is 0.298 e. The van der Waals surface area contributed by atoms with Crippen molar-refractivity contribution in [2.45, 2.75) is 36.6 Å². The number of halogens is 1. The van der Waals surface area contributed by atoms with E-state index in [1.54, 1.807) is 18.2 Å². The van der Waals surface area contributed by atoms with Crippen LogP contribution < -0.4 is 14.8 Å². The minimum Gasteiger partial charge on any atom is -0.429 e. The van der Waals surface area contributed by atoms with Crippen LogP contribution in [-0.2, 0) is 20.2 Å². The summed E-state index contributed by atoms with van der Waals surface area (Å²) < 4.78 is 46.9. The van der Waals surface area contributed by atoms with Gasteiger partial charge in [0, 0.05) is 5.69 Å². The second-order valence-corrected chi connectivity index (χ2v) is 10.0. The summed E-state index contributed by atoms with van der Waals surface area (Å²) in [6.45, 7) is 4.57. The number of sulfonamides is 1. The summed E-state index contributed by atoms with van der Waals surface area (Å²) in [6.07, 6.45) is 0.670. The Balaban J connectivity index is 1.68. The molecule has 0 aromatic heterocycles. The summed E-state index contributed by atoms with van der Waals surface area (Å²) >= 11 is 0. The van der Waals surface area contributed by atoms with E-state index < -0.39 is 15.8 Å². The molecule has 0 saturated heterocycles. The number of carbonyl (C=O) groups excluding carboxylic acids is 1. The van der Waals surface area contributed by atoms with E-state index >= 15 is 0 Å². The molecule has 0 spiro atoms. The van der Waals surface area contributed by atoms with Crippen molar-refractivity contribution in [3.8, 4) is 5.75 Å². The summed E-state index contributed by atoms with van der Waals surface area (Å²) in [7, 11) is -3.97. The van der Waals surface area contributed by atoms with E-state index in [9.17, 15) is 17.6 Å². The van der Waals surface area contributed by atoms with Gasteiger partial charge in [-0.25, -0.2) is 12.8 Å². The fourth-order valence-corrected chi connectivity index (χ4v) is 5.24. The molecule has 3 aromatic rings. The molecular weight excluding hydrogens is 431 g/mol. The maximum absolute atomic E-state index is 13.6. The molecule has 4 rings (SSSR count). The minimum absolute atomic E-state index is 0.141. The van der Waals surface area contributed by atoms with E-state index in [0.29, 0.717) is 24.3 Å². The summed E-state index contributed by atoms with van der Waals surface area (Å²) in [5, 5.41) is 3.47. The van der Waals surface area contributed by atoms with E-state index in [-0.39, 0.29) is 16.4 Å². The first-order chi connectivity index (χ1) is 15.2. The number of fused-ring (bicyclic) bond motifs is 1. The topological polar surface area (TPSA) is 84.5 Å². The molecule has 1 aliphatic rings. The number of ether oxygens (including phenoxy) is 1. The monoisotopic (exact) mass is 454 g/mol. The van der Waals surface area contributed by atoms with Crippen LogP contribution in [0.25, 0.3) is 0 Å². The Morgan fingerprint density at radius 1 is 1.09 bits per heavy atom. The lowest BCUT2D eigenvalue weighted by atomic mass is 9.74. The molecule has 0 aliphatic carbocycles. The van der Waals surface area contributed by atoms with Crippen LogP contribution >= 0.6 is 0 Å². The van der Waals surface area contributed by atoms with Crippen LogP contribution in [0.2, 0.25) is 0 Å². The third-order valence-corrected chi connectivity index (χ3v) is 7.00. The average Bonchev–Trinajstić information content (AvgIpc) is 2.74. The molecule has 0 saturated carbocycles. The van der Waals surface area contributed by atoms with Crippen molar-refractivity contribution in [3.63, 3.8) is 0 Å². The Hall–Kier alpha value is -3.39. The van der Waals surface area contributed by atoms with E-state index in [1.165, 1.54) is 18.2 Å². The van der Waals surface area contributed by atoms with E-state index in [4.69, 9.17) is 4.74 Å². The largest absolute Gasteiger partial charge is 0.429 e. The summed E-state index contributed by atoms with van der Waals surface area (Å²) in [6, 6.07) is 17.3. The Kier molecular flexibility index (Phi) is 5.64. The first-order valence-corrected chi connectivity index (χ1v) is 11.6. The van der Waals surface area contributed by atoms with Crippen LogP contribution in [-0.4, -0.2) is 14.9 Å². The predicted octanol–water partition coefficient (Wildman–Crippen LogP) is 5.00. The highest BCUT2D eigenvalue weighted by molar-refractivity contribution is 7.92. The first kappa shape index (κ1) is 21.8. The third kappa shape index (κ3) is 4.31. The second kappa shape index (κ2) is 8.27. The van der Waals surface area contributed by atoms with Crippen LogP contribution in [0.5, 0.6) is 5.75 Å². The molecule has 1 atom stereocenters. The van der Waals surface area contributed by atoms with Gasteiger partial charge in [-0.05, 0) is 65.4 Å². The zero-order valence-electron chi connectivity index (χ0n) is 17.6.